The first-order valence-electron chi connectivity index (χ1n) is 13.1. The van der Waals surface area contributed by atoms with E-state index in [1.54, 1.807) is 6.08 Å². The van der Waals surface area contributed by atoms with Crippen LogP contribution in [0.3, 0.4) is 0 Å². The number of sulfonamides is 2. The molecule has 0 bridgehead atoms. The summed E-state index contributed by atoms with van der Waals surface area (Å²) in [5.41, 5.74) is 0.773. The number of carbonyl (C=O) groups excluding carboxylic acids is 2. The van der Waals surface area contributed by atoms with Gasteiger partial charge in [-0.05, 0) is 46.7 Å². The lowest BCUT2D eigenvalue weighted by Gasteiger charge is -2.27. The molecule has 12 nitrogen and oxygen atoms in total. The second kappa shape index (κ2) is 12.1. The van der Waals surface area contributed by atoms with Gasteiger partial charge in [0.2, 0.25) is 25.8 Å². The van der Waals surface area contributed by atoms with Gasteiger partial charge in [0.25, 0.3) is 0 Å². The summed E-state index contributed by atoms with van der Waals surface area (Å²) >= 11 is 0. The summed E-state index contributed by atoms with van der Waals surface area (Å²) in [5, 5.41) is 0.591. The Bertz CT molecular complexity index is 1590. The number of hydrogen-bond donors (Lipinski definition) is 2. The molecule has 2 aliphatic heterocycles. The van der Waals surface area contributed by atoms with Crippen molar-refractivity contribution >= 4 is 54.7 Å². The van der Waals surface area contributed by atoms with E-state index in [2.05, 4.69) is 9.44 Å². The number of ketones is 2. The van der Waals surface area contributed by atoms with Crippen molar-refractivity contribution in [2.45, 2.75) is 0 Å². The van der Waals surface area contributed by atoms with Crippen LogP contribution < -0.4 is 19.9 Å². The Labute approximate surface area is 233 Å². The monoisotopic (exact) mass is 592 g/mol. The van der Waals surface area contributed by atoms with E-state index >= 15 is 0 Å². The molecule has 2 fully saturated rings. The fraction of sp³-hybridized carbons (Fsp3) is 0.462. The summed E-state index contributed by atoms with van der Waals surface area (Å²) in [5.74, 6) is -1.35. The molecular weight excluding hydrogens is 560 g/mol. The topological polar surface area (TPSA) is 151 Å². The van der Waals surface area contributed by atoms with Crippen molar-refractivity contribution in [2.75, 3.05) is 78.8 Å². The number of nitrogens with one attached hydrogen (secondary N) is 2. The van der Waals surface area contributed by atoms with E-state index in [0.29, 0.717) is 76.5 Å². The lowest BCUT2D eigenvalue weighted by molar-refractivity contribution is -0.110. The zero-order chi connectivity index (χ0) is 28.3. The van der Waals surface area contributed by atoms with Crippen LogP contribution in [-0.2, 0) is 39.1 Å². The lowest BCUT2D eigenvalue weighted by Crippen LogP contribution is -2.44. The number of Topliss-reactive ketones (excluding diaryl/α,β-unsaturated/α-hetero) is 1. The minimum Gasteiger partial charge on any atom is -0.379 e. The molecule has 0 atom stereocenters. The fourth-order valence-electron chi connectivity index (χ4n) is 4.99. The molecule has 0 amide bonds. The first-order chi connectivity index (χ1) is 19.1. The van der Waals surface area contributed by atoms with Crippen LogP contribution in [0.5, 0.6) is 0 Å². The Balaban J connectivity index is 1.46. The Hall–Kier alpha value is -2.56. The SMILES string of the molecule is O=C1C=Cc2cc3c(cc2=C1)C=C(S(=O)(=O)NCCN1CCOCC1)C(=O)C=3S(=O)(=O)NCCN1CCOCC1. The van der Waals surface area contributed by atoms with E-state index in [1.807, 2.05) is 9.80 Å². The molecule has 2 saturated heterocycles. The molecular formula is C26H32N4O8S2. The van der Waals surface area contributed by atoms with Crippen molar-refractivity contribution in [1.29, 1.82) is 0 Å². The summed E-state index contributed by atoms with van der Waals surface area (Å²) in [4.78, 5) is 28.4. The predicted molar refractivity (Wildman–Crippen MR) is 149 cm³/mol. The summed E-state index contributed by atoms with van der Waals surface area (Å²) in [6, 6.07) is 3.04. The number of nitrogens with zero attached hydrogens (tertiary/aromatic N) is 2. The Morgan fingerprint density at radius 2 is 1.30 bits per heavy atom. The molecule has 0 spiro atoms. The van der Waals surface area contributed by atoms with Crippen molar-refractivity contribution in [2.24, 2.45) is 0 Å². The maximum absolute atomic E-state index is 13.7. The Kier molecular flexibility index (Phi) is 8.78. The van der Waals surface area contributed by atoms with Crippen LogP contribution in [0.2, 0.25) is 0 Å². The highest BCUT2D eigenvalue weighted by Gasteiger charge is 2.37. The second-order valence-corrected chi connectivity index (χ2v) is 13.3. The Morgan fingerprint density at radius 3 is 1.90 bits per heavy atom. The minimum absolute atomic E-state index is 0.0329. The van der Waals surface area contributed by atoms with Crippen LogP contribution in [0, 0.1) is 0 Å². The van der Waals surface area contributed by atoms with E-state index < -0.39 is 35.6 Å². The third kappa shape index (κ3) is 6.50. The predicted octanol–water partition coefficient (Wildman–Crippen LogP) is -2.40. The number of rotatable bonds is 10. The zero-order valence-electron chi connectivity index (χ0n) is 21.9. The summed E-state index contributed by atoms with van der Waals surface area (Å²) in [7, 11) is -8.77. The molecule has 1 aromatic carbocycles. The molecule has 0 aromatic heterocycles. The van der Waals surface area contributed by atoms with Crippen molar-refractivity contribution in [3.63, 3.8) is 0 Å². The van der Waals surface area contributed by atoms with Crippen LogP contribution in [-0.4, -0.2) is 117 Å². The first-order valence-corrected chi connectivity index (χ1v) is 16.1. The third-order valence-electron chi connectivity index (χ3n) is 7.15. The lowest BCUT2D eigenvalue weighted by atomic mass is 9.97. The van der Waals surface area contributed by atoms with Gasteiger partial charge >= 0.3 is 0 Å². The van der Waals surface area contributed by atoms with E-state index in [1.165, 1.54) is 30.4 Å². The van der Waals surface area contributed by atoms with E-state index in [9.17, 15) is 26.4 Å². The van der Waals surface area contributed by atoms with Crippen LogP contribution in [0.1, 0.15) is 11.1 Å². The normalized spacial score (nSPS) is 20.6. The molecule has 0 saturated carbocycles. The molecule has 5 rings (SSSR count). The van der Waals surface area contributed by atoms with Crippen LogP contribution >= 0.6 is 0 Å². The number of carbonyl (C=O) groups is 2. The van der Waals surface area contributed by atoms with Gasteiger partial charge in [-0.25, -0.2) is 26.3 Å². The van der Waals surface area contributed by atoms with Gasteiger partial charge in [-0.2, -0.15) is 0 Å². The number of morpholine rings is 2. The number of fused-ring (bicyclic) bond motifs is 2. The fourth-order valence-corrected chi connectivity index (χ4v) is 7.53. The zero-order valence-corrected chi connectivity index (χ0v) is 23.6. The van der Waals surface area contributed by atoms with Gasteiger partial charge in [0.15, 0.2) is 5.78 Å². The standard InChI is InChI=1S/C26H32N4O8S2/c31-22-2-1-19-17-23-21(15-20(19)16-22)18-24(39(33,34)27-3-5-29-7-11-37-12-8-29)25(32)26(23)40(35,36)28-4-6-30-9-13-38-14-10-30/h1-2,15-18,27-28H,3-14H2. The van der Waals surface area contributed by atoms with Gasteiger partial charge in [0.05, 0.1) is 26.4 Å². The summed E-state index contributed by atoms with van der Waals surface area (Å²) in [6.07, 6.45) is 5.45. The highest BCUT2D eigenvalue weighted by atomic mass is 32.2. The third-order valence-corrected chi connectivity index (χ3v) is 10.1. The van der Waals surface area contributed by atoms with Crippen molar-refractivity contribution in [3.05, 3.63) is 44.7 Å². The number of benzene rings is 1. The Morgan fingerprint density at radius 1 is 0.725 bits per heavy atom. The van der Waals surface area contributed by atoms with Gasteiger partial charge in [0.1, 0.15) is 9.81 Å². The average molecular weight is 593 g/mol. The molecule has 2 aliphatic carbocycles. The average Bonchev–Trinajstić information content (AvgIpc) is 2.92. The van der Waals surface area contributed by atoms with Crippen LogP contribution in [0.25, 0.3) is 23.1 Å². The number of allylic oxidation sites excluding steroid dienone is 2. The maximum Gasteiger partial charge on any atom is 0.245 e. The highest BCUT2D eigenvalue weighted by molar-refractivity contribution is 8.01. The molecule has 0 unspecified atom stereocenters. The van der Waals surface area contributed by atoms with Crippen LogP contribution in [0.15, 0.2) is 23.1 Å². The minimum atomic E-state index is -4.41. The smallest absolute Gasteiger partial charge is 0.245 e. The number of ether oxygens (including phenoxy) is 2. The summed E-state index contributed by atoms with van der Waals surface area (Å²) in [6.45, 7) is 5.77. The summed E-state index contributed by atoms with van der Waals surface area (Å²) < 4.78 is 69.3. The largest absolute Gasteiger partial charge is 0.379 e. The molecule has 4 aliphatic rings. The van der Waals surface area contributed by atoms with E-state index in [0.717, 1.165) is 0 Å². The molecule has 14 heteroatoms. The van der Waals surface area contributed by atoms with Crippen molar-refractivity contribution in [1.82, 2.24) is 19.2 Å². The maximum atomic E-state index is 13.7. The molecule has 0 radical (unpaired) electrons. The first kappa shape index (κ1) is 29.0. The van der Waals surface area contributed by atoms with Gasteiger partial charge in [-0.3, -0.25) is 19.4 Å². The van der Waals surface area contributed by atoms with Gasteiger partial charge in [-0.1, -0.05) is 6.08 Å². The van der Waals surface area contributed by atoms with Crippen molar-refractivity contribution in [3.8, 4) is 0 Å². The van der Waals surface area contributed by atoms with E-state index in [4.69, 9.17) is 9.47 Å². The molecule has 1 aromatic rings. The van der Waals surface area contributed by atoms with Crippen LogP contribution in [0.4, 0.5) is 0 Å². The van der Waals surface area contributed by atoms with E-state index in [-0.39, 0.29) is 29.7 Å². The molecule has 2 heterocycles. The van der Waals surface area contributed by atoms with Crippen molar-refractivity contribution < 1.29 is 35.9 Å². The molecule has 40 heavy (non-hydrogen) atoms. The van der Waals surface area contributed by atoms with Gasteiger partial charge < -0.3 is 9.47 Å². The highest BCUT2D eigenvalue weighted by Crippen LogP contribution is 2.23. The van der Waals surface area contributed by atoms with Gasteiger partial charge in [-0.15, -0.1) is 0 Å². The number of hydrogen-bond acceptors (Lipinski definition) is 10. The molecule has 2 N–H and O–H groups in total. The molecule has 216 valence electrons. The quantitative estimate of drug-likeness (QED) is 0.301. The second-order valence-electron chi connectivity index (χ2n) is 9.82. The van der Waals surface area contributed by atoms with Gasteiger partial charge in [0, 0.05) is 57.6 Å².